The Labute approximate surface area is 108 Å². The number of carbonyl (C=O) groups excluding carboxylic acids is 1. The van der Waals surface area contributed by atoms with E-state index in [1.165, 1.54) is 22.9 Å². The lowest BCUT2D eigenvalue weighted by Gasteiger charge is -2.24. The van der Waals surface area contributed by atoms with Crippen LogP contribution in [0.1, 0.15) is 37.7 Å². The first-order valence-corrected chi connectivity index (χ1v) is 6.73. The Hall–Kier alpha value is -1.57. The van der Waals surface area contributed by atoms with Crippen molar-refractivity contribution < 1.29 is 4.79 Å². The zero-order valence-electron chi connectivity index (χ0n) is 11.0. The molecule has 1 saturated carbocycles. The summed E-state index contributed by atoms with van der Waals surface area (Å²) in [5, 5.41) is 1.24. The largest absolute Gasteiger partial charge is 0.350 e. The van der Waals surface area contributed by atoms with Crippen molar-refractivity contribution in [3.8, 4) is 0 Å². The van der Waals surface area contributed by atoms with E-state index in [4.69, 9.17) is 0 Å². The Morgan fingerprint density at radius 3 is 2.78 bits per heavy atom. The number of carbonyl (C=O) groups is 1. The van der Waals surface area contributed by atoms with Crippen molar-refractivity contribution in [2.45, 2.75) is 32.1 Å². The van der Waals surface area contributed by atoms with Gasteiger partial charge >= 0.3 is 0 Å². The predicted molar refractivity (Wildman–Crippen MR) is 73.7 cm³/mol. The molecule has 2 aromatic rings. The molecule has 3 rings (SSSR count). The molecule has 2 unspecified atom stereocenters. The average molecular weight is 241 g/mol. The Balaban J connectivity index is 2.07. The smallest absolute Gasteiger partial charge is 0.140 e. The van der Waals surface area contributed by atoms with Crippen LogP contribution in [0.4, 0.5) is 0 Å². The molecule has 0 amide bonds. The third-order valence-electron chi connectivity index (χ3n) is 4.19. The van der Waals surface area contributed by atoms with Gasteiger partial charge in [0.2, 0.25) is 0 Å². The quantitative estimate of drug-likeness (QED) is 0.747. The summed E-state index contributed by atoms with van der Waals surface area (Å²) < 4.78 is 2.13. The van der Waals surface area contributed by atoms with Gasteiger partial charge in [0.25, 0.3) is 0 Å². The molecule has 0 aliphatic heterocycles. The van der Waals surface area contributed by atoms with Crippen molar-refractivity contribution in [1.82, 2.24) is 4.57 Å². The van der Waals surface area contributed by atoms with E-state index in [9.17, 15) is 4.79 Å². The first-order valence-electron chi connectivity index (χ1n) is 6.73. The van der Waals surface area contributed by atoms with Gasteiger partial charge in [-0.2, -0.15) is 0 Å². The molecule has 0 saturated heterocycles. The van der Waals surface area contributed by atoms with Crippen LogP contribution in [0.3, 0.4) is 0 Å². The molecule has 1 aliphatic carbocycles. The molecule has 0 radical (unpaired) electrons. The normalized spacial score (nSPS) is 24.7. The minimum atomic E-state index is 0.118. The topological polar surface area (TPSA) is 22.0 Å². The molecule has 1 heterocycles. The van der Waals surface area contributed by atoms with E-state index >= 15 is 0 Å². The summed E-state index contributed by atoms with van der Waals surface area (Å²) >= 11 is 0. The lowest BCUT2D eigenvalue weighted by atomic mass is 9.78. The molecule has 2 atom stereocenters. The fraction of sp³-hybridized carbons (Fsp3) is 0.438. The summed E-state index contributed by atoms with van der Waals surface area (Å²) in [6.07, 6.45) is 5.06. The first kappa shape index (κ1) is 11.5. The number of ketones is 1. The Kier molecular flexibility index (Phi) is 2.73. The molecular formula is C16H19NO. The molecular weight excluding hydrogens is 222 g/mol. The van der Waals surface area contributed by atoms with Crippen molar-refractivity contribution in [3.63, 3.8) is 0 Å². The highest BCUT2D eigenvalue weighted by Crippen LogP contribution is 2.36. The molecule has 0 bridgehead atoms. The Morgan fingerprint density at radius 2 is 2.00 bits per heavy atom. The van der Waals surface area contributed by atoms with Crippen molar-refractivity contribution in [2.75, 3.05) is 0 Å². The summed E-state index contributed by atoms with van der Waals surface area (Å²) in [5.41, 5.74) is 2.45. The van der Waals surface area contributed by atoms with Crippen LogP contribution in [0.15, 0.2) is 30.5 Å². The second kappa shape index (κ2) is 4.27. The van der Waals surface area contributed by atoms with Crippen molar-refractivity contribution in [1.29, 1.82) is 0 Å². The fourth-order valence-corrected chi connectivity index (χ4v) is 3.18. The van der Waals surface area contributed by atoms with Crippen LogP contribution in [0, 0.1) is 5.92 Å². The van der Waals surface area contributed by atoms with Crippen LogP contribution in [-0.4, -0.2) is 10.4 Å². The van der Waals surface area contributed by atoms with E-state index in [0.717, 1.165) is 12.8 Å². The number of nitrogens with zero attached hydrogens (tertiary/aromatic N) is 1. The summed E-state index contributed by atoms with van der Waals surface area (Å²) in [7, 11) is 2.06. The minimum absolute atomic E-state index is 0.118. The number of para-hydroxylation sites is 1. The maximum absolute atomic E-state index is 12.2. The molecule has 0 N–H and O–H groups in total. The van der Waals surface area contributed by atoms with Crippen LogP contribution in [0.25, 0.3) is 10.9 Å². The predicted octanol–water partition coefficient (Wildman–Crippen LogP) is 3.65. The number of rotatable bonds is 1. The molecule has 18 heavy (non-hydrogen) atoms. The molecule has 1 fully saturated rings. The summed E-state index contributed by atoms with van der Waals surface area (Å²) in [4.78, 5) is 12.2. The summed E-state index contributed by atoms with van der Waals surface area (Å²) in [6.45, 7) is 2.18. The maximum atomic E-state index is 12.2. The molecule has 1 aliphatic rings. The average Bonchev–Trinajstić information content (AvgIpc) is 2.68. The Morgan fingerprint density at radius 1 is 1.22 bits per heavy atom. The lowest BCUT2D eigenvalue weighted by molar-refractivity contribution is -0.122. The van der Waals surface area contributed by atoms with Crippen LogP contribution in [-0.2, 0) is 11.8 Å². The zero-order valence-corrected chi connectivity index (χ0v) is 11.0. The van der Waals surface area contributed by atoms with Crippen molar-refractivity contribution in [3.05, 3.63) is 36.0 Å². The van der Waals surface area contributed by atoms with Gasteiger partial charge in [0.15, 0.2) is 0 Å². The molecule has 2 heteroatoms. The summed E-state index contributed by atoms with van der Waals surface area (Å²) in [5.74, 6) is 1.10. The van der Waals surface area contributed by atoms with E-state index in [2.05, 4.69) is 49.0 Å². The van der Waals surface area contributed by atoms with E-state index in [0.29, 0.717) is 11.7 Å². The van der Waals surface area contributed by atoms with E-state index < -0.39 is 0 Å². The van der Waals surface area contributed by atoms with Crippen molar-refractivity contribution >= 4 is 16.7 Å². The third kappa shape index (κ3) is 1.76. The zero-order chi connectivity index (χ0) is 12.7. The van der Waals surface area contributed by atoms with Gasteiger partial charge in [-0.25, -0.2) is 0 Å². The minimum Gasteiger partial charge on any atom is -0.350 e. The van der Waals surface area contributed by atoms with E-state index in [1.54, 1.807) is 0 Å². The highest BCUT2D eigenvalue weighted by molar-refractivity contribution is 5.93. The molecule has 1 aromatic carbocycles. The van der Waals surface area contributed by atoms with Gasteiger partial charge in [-0.15, -0.1) is 0 Å². The third-order valence-corrected chi connectivity index (χ3v) is 4.19. The number of aromatic nitrogens is 1. The van der Waals surface area contributed by atoms with Crippen molar-refractivity contribution in [2.24, 2.45) is 13.0 Å². The van der Waals surface area contributed by atoms with E-state index in [1.807, 2.05) is 0 Å². The summed E-state index contributed by atoms with van der Waals surface area (Å²) in [6, 6.07) is 8.36. The van der Waals surface area contributed by atoms with Gasteiger partial charge in [-0.1, -0.05) is 25.1 Å². The number of benzene rings is 1. The number of fused-ring (bicyclic) bond motifs is 1. The number of hydrogen-bond acceptors (Lipinski definition) is 1. The van der Waals surface area contributed by atoms with Crippen LogP contribution in [0.2, 0.25) is 0 Å². The van der Waals surface area contributed by atoms with Gasteiger partial charge < -0.3 is 4.57 Å². The molecule has 0 spiro atoms. The lowest BCUT2D eigenvalue weighted by Crippen LogP contribution is -2.21. The highest BCUT2D eigenvalue weighted by atomic mass is 16.1. The molecule has 2 nitrogen and oxygen atoms in total. The molecule has 1 aromatic heterocycles. The number of Topliss-reactive ketones (excluding diaryl/α,β-unsaturated/α-hetero) is 1. The maximum Gasteiger partial charge on any atom is 0.140 e. The van der Waals surface area contributed by atoms with Gasteiger partial charge in [0, 0.05) is 36.5 Å². The van der Waals surface area contributed by atoms with Crippen LogP contribution >= 0.6 is 0 Å². The standard InChI is InChI=1S/C16H19NO/c1-11-7-8-13(16(18)9-11)14-10-17(2)15-6-4-3-5-12(14)15/h3-6,10-11,13H,7-9H2,1-2H3. The second-order valence-electron chi connectivity index (χ2n) is 5.62. The SMILES string of the molecule is CC1CCC(c2cn(C)c3ccccc23)C(=O)C1. The first-order chi connectivity index (χ1) is 8.66. The van der Waals surface area contributed by atoms with E-state index in [-0.39, 0.29) is 5.92 Å². The fourth-order valence-electron chi connectivity index (χ4n) is 3.18. The van der Waals surface area contributed by atoms with Gasteiger partial charge in [0.05, 0.1) is 0 Å². The number of hydrogen-bond donors (Lipinski definition) is 0. The van der Waals surface area contributed by atoms with Gasteiger partial charge in [-0.05, 0) is 30.4 Å². The van der Waals surface area contributed by atoms with Crippen LogP contribution < -0.4 is 0 Å². The second-order valence-corrected chi connectivity index (χ2v) is 5.62. The van der Waals surface area contributed by atoms with Gasteiger partial charge in [-0.3, -0.25) is 4.79 Å². The molecule has 94 valence electrons. The van der Waals surface area contributed by atoms with Crippen LogP contribution in [0.5, 0.6) is 0 Å². The Bertz CT molecular complexity index is 596. The van der Waals surface area contributed by atoms with Gasteiger partial charge in [0.1, 0.15) is 5.78 Å². The number of aryl methyl sites for hydroxylation is 1. The highest BCUT2D eigenvalue weighted by Gasteiger charge is 2.29. The monoisotopic (exact) mass is 241 g/mol.